The van der Waals surface area contributed by atoms with E-state index in [0.29, 0.717) is 13.1 Å². The predicted molar refractivity (Wildman–Crippen MR) is 106 cm³/mol. The number of anilines is 1. The molecule has 4 rings (SSSR count). The standard InChI is InChI=1S/C21H22N4O4/c26-19(18-7-4-14-28-18)23-21-22-17(15-29-21)20(27)25-12-10-24(11-13-25)9-8-16-5-2-1-3-6-16/h1-7,14-15H,8-13H2,(H,22,23,26). The number of carbonyl (C=O) groups is 2. The number of oxazole rings is 1. The average molecular weight is 394 g/mol. The van der Waals surface area contributed by atoms with Crippen molar-refractivity contribution in [1.29, 1.82) is 0 Å². The summed E-state index contributed by atoms with van der Waals surface area (Å²) in [7, 11) is 0. The fraction of sp³-hybridized carbons (Fsp3) is 0.286. The molecule has 3 heterocycles. The highest BCUT2D eigenvalue weighted by Crippen LogP contribution is 2.14. The van der Waals surface area contributed by atoms with Gasteiger partial charge in [0, 0.05) is 32.7 Å². The molecule has 0 aliphatic carbocycles. The molecule has 0 bridgehead atoms. The van der Waals surface area contributed by atoms with Crippen molar-refractivity contribution in [2.24, 2.45) is 0 Å². The number of amides is 2. The fourth-order valence-electron chi connectivity index (χ4n) is 3.26. The Morgan fingerprint density at radius 2 is 1.79 bits per heavy atom. The van der Waals surface area contributed by atoms with Crippen LogP contribution < -0.4 is 5.32 Å². The summed E-state index contributed by atoms with van der Waals surface area (Å²) < 4.78 is 10.2. The summed E-state index contributed by atoms with van der Waals surface area (Å²) >= 11 is 0. The zero-order chi connectivity index (χ0) is 20.1. The van der Waals surface area contributed by atoms with Gasteiger partial charge in [-0.15, -0.1) is 0 Å². The van der Waals surface area contributed by atoms with Gasteiger partial charge in [0.2, 0.25) is 0 Å². The van der Waals surface area contributed by atoms with E-state index in [1.807, 2.05) is 6.07 Å². The van der Waals surface area contributed by atoms with E-state index in [0.717, 1.165) is 26.1 Å². The molecule has 1 saturated heterocycles. The zero-order valence-corrected chi connectivity index (χ0v) is 15.9. The summed E-state index contributed by atoms with van der Waals surface area (Å²) in [5, 5.41) is 2.47. The predicted octanol–water partition coefficient (Wildman–Crippen LogP) is 2.52. The van der Waals surface area contributed by atoms with Crippen molar-refractivity contribution in [3.8, 4) is 0 Å². The maximum atomic E-state index is 12.7. The van der Waals surface area contributed by atoms with Gasteiger partial charge < -0.3 is 13.7 Å². The molecule has 2 aromatic heterocycles. The molecule has 29 heavy (non-hydrogen) atoms. The number of benzene rings is 1. The Morgan fingerprint density at radius 1 is 1.00 bits per heavy atom. The van der Waals surface area contributed by atoms with Gasteiger partial charge in [-0.25, -0.2) is 0 Å². The lowest BCUT2D eigenvalue weighted by Gasteiger charge is -2.34. The van der Waals surface area contributed by atoms with Crippen LogP contribution in [0.1, 0.15) is 26.6 Å². The number of furan rings is 1. The highest BCUT2D eigenvalue weighted by molar-refractivity contribution is 6.01. The van der Waals surface area contributed by atoms with Crippen LogP contribution >= 0.6 is 0 Å². The van der Waals surface area contributed by atoms with Crippen molar-refractivity contribution in [2.45, 2.75) is 6.42 Å². The fourth-order valence-corrected chi connectivity index (χ4v) is 3.26. The average Bonchev–Trinajstić information content (AvgIpc) is 3.45. The number of hydrogen-bond acceptors (Lipinski definition) is 6. The maximum Gasteiger partial charge on any atom is 0.302 e. The molecule has 0 unspecified atom stereocenters. The van der Waals surface area contributed by atoms with Gasteiger partial charge in [-0.1, -0.05) is 30.3 Å². The normalized spacial score (nSPS) is 14.7. The minimum absolute atomic E-state index is 0.0313. The van der Waals surface area contributed by atoms with Crippen molar-refractivity contribution >= 4 is 17.8 Å². The summed E-state index contributed by atoms with van der Waals surface area (Å²) in [6.45, 7) is 3.87. The molecule has 1 aliphatic heterocycles. The Balaban J connectivity index is 1.26. The van der Waals surface area contributed by atoms with Crippen molar-refractivity contribution in [2.75, 3.05) is 38.0 Å². The van der Waals surface area contributed by atoms with Gasteiger partial charge in [0.25, 0.3) is 11.8 Å². The second kappa shape index (κ2) is 8.74. The third-order valence-corrected chi connectivity index (χ3v) is 4.91. The Bertz CT molecular complexity index is 944. The van der Waals surface area contributed by atoms with E-state index >= 15 is 0 Å². The van der Waals surface area contributed by atoms with Crippen LogP contribution in [0.5, 0.6) is 0 Å². The topological polar surface area (TPSA) is 91.8 Å². The molecule has 0 spiro atoms. The zero-order valence-electron chi connectivity index (χ0n) is 15.9. The molecule has 1 N–H and O–H groups in total. The first-order chi connectivity index (χ1) is 14.2. The van der Waals surface area contributed by atoms with Crippen LogP contribution in [0.2, 0.25) is 0 Å². The van der Waals surface area contributed by atoms with Gasteiger partial charge in [-0.05, 0) is 24.1 Å². The quantitative estimate of drug-likeness (QED) is 0.691. The van der Waals surface area contributed by atoms with Gasteiger partial charge in [0.1, 0.15) is 6.26 Å². The van der Waals surface area contributed by atoms with Crippen molar-refractivity contribution in [3.63, 3.8) is 0 Å². The van der Waals surface area contributed by atoms with Gasteiger partial charge in [0.15, 0.2) is 11.5 Å². The van der Waals surface area contributed by atoms with E-state index < -0.39 is 5.91 Å². The molecule has 1 fully saturated rings. The molecule has 8 heteroatoms. The number of piperazine rings is 1. The lowest BCUT2D eigenvalue weighted by Crippen LogP contribution is -2.49. The molecular formula is C21H22N4O4. The van der Waals surface area contributed by atoms with E-state index in [4.69, 9.17) is 8.83 Å². The molecule has 1 aliphatic rings. The third-order valence-electron chi connectivity index (χ3n) is 4.91. The monoisotopic (exact) mass is 394 g/mol. The molecule has 0 atom stereocenters. The van der Waals surface area contributed by atoms with Crippen molar-refractivity contribution in [1.82, 2.24) is 14.8 Å². The van der Waals surface area contributed by atoms with E-state index in [1.165, 1.54) is 24.2 Å². The molecule has 8 nitrogen and oxygen atoms in total. The molecule has 2 amide bonds. The maximum absolute atomic E-state index is 12.7. The molecule has 0 radical (unpaired) electrons. The Morgan fingerprint density at radius 3 is 2.52 bits per heavy atom. The van der Waals surface area contributed by atoms with Crippen LogP contribution in [0.25, 0.3) is 0 Å². The Hall–Kier alpha value is -3.39. The number of aromatic nitrogens is 1. The van der Waals surface area contributed by atoms with Gasteiger partial charge in [0.05, 0.1) is 6.26 Å². The van der Waals surface area contributed by atoms with Gasteiger partial charge in [-0.3, -0.25) is 19.8 Å². The minimum Gasteiger partial charge on any atom is -0.459 e. The van der Waals surface area contributed by atoms with E-state index in [2.05, 4.69) is 39.5 Å². The molecule has 150 valence electrons. The molecule has 1 aromatic carbocycles. The molecule has 0 saturated carbocycles. The van der Waals surface area contributed by atoms with E-state index in [-0.39, 0.29) is 23.4 Å². The van der Waals surface area contributed by atoms with E-state index in [1.54, 1.807) is 11.0 Å². The first kappa shape index (κ1) is 18.9. The number of nitrogens with zero attached hydrogens (tertiary/aromatic N) is 3. The Labute approximate surface area is 168 Å². The Kier molecular flexibility index (Phi) is 5.71. The lowest BCUT2D eigenvalue weighted by molar-refractivity contribution is 0.0632. The minimum atomic E-state index is -0.483. The largest absolute Gasteiger partial charge is 0.459 e. The van der Waals surface area contributed by atoms with Gasteiger partial charge in [-0.2, -0.15) is 4.98 Å². The van der Waals surface area contributed by atoms with Crippen LogP contribution in [0.3, 0.4) is 0 Å². The first-order valence-electron chi connectivity index (χ1n) is 9.55. The van der Waals surface area contributed by atoms with Crippen LogP contribution in [-0.2, 0) is 6.42 Å². The number of hydrogen-bond donors (Lipinski definition) is 1. The first-order valence-corrected chi connectivity index (χ1v) is 9.55. The van der Waals surface area contributed by atoms with Crippen LogP contribution in [0, 0.1) is 0 Å². The van der Waals surface area contributed by atoms with Crippen LogP contribution in [0.15, 0.2) is 63.8 Å². The second-order valence-corrected chi connectivity index (χ2v) is 6.84. The number of carbonyl (C=O) groups excluding carboxylic acids is 2. The number of nitrogens with one attached hydrogen (secondary N) is 1. The van der Waals surface area contributed by atoms with Crippen molar-refractivity contribution in [3.05, 3.63) is 72.0 Å². The van der Waals surface area contributed by atoms with Crippen LogP contribution in [-0.4, -0.2) is 59.3 Å². The van der Waals surface area contributed by atoms with Crippen molar-refractivity contribution < 1.29 is 18.4 Å². The second-order valence-electron chi connectivity index (χ2n) is 6.84. The van der Waals surface area contributed by atoms with Gasteiger partial charge >= 0.3 is 6.01 Å². The number of rotatable bonds is 6. The third kappa shape index (κ3) is 4.72. The molecular weight excluding hydrogens is 372 g/mol. The lowest BCUT2D eigenvalue weighted by atomic mass is 10.1. The molecule has 3 aromatic rings. The summed E-state index contributed by atoms with van der Waals surface area (Å²) in [6.07, 6.45) is 3.66. The SMILES string of the molecule is O=C(Nc1nc(C(=O)N2CCN(CCc3ccccc3)CC2)co1)c1ccco1. The highest BCUT2D eigenvalue weighted by Gasteiger charge is 2.25. The summed E-state index contributed by atoms with van der Waals surface area (Å²) in [5.41, 5.74) is 1.50. The summed E-state index contributed by atoms with van der Waals surface area (Å²) in [4.78, 5) is 32.8. The van der Waals surface area contributed by atoms with Crippen LogP contribution in [0.4, 0.5) is 6.01 Å². The van der Waals surface area contributed by atoms with E-state index in [9.17, 15) is 9.59 Å². The summed E-state index contributed by atoms with van der Waals surface area (Å²) in [6, 6.07) is 13.5. The highest BCUT2D eigenvalue weighted by atomic mass is 16.4. The smallest absolute Gasteiger partial charge is 0.302 e. The summed E-state index contributed by atoms with van der Waals surface area (Å²) in [5.74, 6) is -0.541.